The number of para-hydroxylation sites is 2. The number of rotatable bonds is 15. The van der Waals surface area contributed by atoms with Crippen molar-refractivity contribution in [3.63, 3.8) is 0 Å². The summed E-state index contributed by atoms with van der Waals surface area (Å²) in [6, 6.07) is 17.4. The molecule has 1 aliphatic carbocycles. The molecule has 2 heterocycles. The lowest BCUT2D eigenvalue weighted by Gasteiger charge is -2.27. The number of carbonyl (C=O) groups excluding carboxylic acids is 2. The Morgan fingerprint density at radius 2 is 1.42 bits per heavy atom. The lowest BCUT2D eigenvalue weighted by molar-refractivity contribution is -0.438. The number of halogens is 2. The molecule has 2 aromatic carbocycles. The molecule has 0 spiro atoms. The number of hydrogen-bond donors (Lipinski definition) is 0. The van der Waals surface area contributed by atoms with Gasteiger partial charge >= 0.3 is 11.9 Å². The van der Waals surface area contributed by atoms with Crippen LogP contribution in [0.25, 0.3) is 0 Å². The number of anilines is 1. The first-order valence-corrected chi connectivity index (χ1v) is 19.1. The number of carbonyl (C=O) groups is 2. The second kappa shape index (κ2) is 18.6. The Morgan fingerprint density at radius 3 is 2.12 bits per heavy atom. The smallest absolute Gasteiger partial charge is 0.305 e. The van der Waals surface area contributed by atoms with Gasteiger partial charge in [-0.2, -0.15) is 4.58 Å². The van der Waals surface area contributed by atoms with E-state index in [4.69, 9.17) is 21.1 Å². The van der Waals surface area contributed by atoms with E-state index >= 15 is 0 Å². The van der Waals surface area contributed by atoms with Crippen molar-refractivity contribution in [3.05, 3.63) is 106 Å². The van der Waals surface area contributed by atoms with E-state index in [1.165, 1.54) is 59.3 Å². The average Bonchev–Trinajstić information content (AvgIpc) is 3.48. The number of hydrogen-bond acceptors (Lipinski definition) is 5. The minimum atomic E-state index is -0.143. The summed E-state index contributed by atoms with van der Waals surface area (Å²) < 4.78 is 12.1. The van der Waals surface area contributed by atoms with Crippen molar-refractivity contribution in [2.75, 3.05) is 32.2 Å². The van der Waals surface area contributed by atoms with Crippen molar-refractivity contribution in [3.8, 4) is 0 Å². The van der Waals surface area contributed by atoms with Crippen LogP contribution in [0.5, 0.6) is 0 Å². The van der Waals surface area contributed by atoms with E-state index in [0.29, 0.717) is 12.8 Å². The van der Waals surface area contributed by atoms with Gasteiger partial charge in [-0.15, -0.1) is 0 Å². The standard InChI is InChI=1S/C44H56ClN2O4.BrH/c1-43(2)34-20-11-13-22-36(34)46(30-15-7-9-24-40(48)50-5)38(43)28-26-32-18-17-19-33(42(32)45)27-29-39-44(3,4)35-21-12-14-23-37(35)47(39)31-16-8-10-25-41(49)51-6;/h11-14,20-23,26-29H,7-10,15-19,24-25,30-31H2,1-6H3;1H/q+1;/p-1. The van der Waals surface area contributed by atoms with E-state index in [1.807, 2.05) is 0 Å². The highest BCUT2D eigenvalue weighted by Crippen LogP contribution is 2.48. The molecule has 0 saturated carbocycles. The highest BCUT2D eigenvalue weighted by Gasteiger charge is 2.44. The molecule has 2 aliphatic heterocycles. The number of methoxy groups -OCH3 is 2. The SMILES string of the molecule is COC(=O)CCCCCN1/C(=C/C=C2\CCCC(/C=C/C3=[N+](CCCCCC(=O)OC)c4ccccc4C3(C)C)=C2Cl)C(C)(C)c2ccccc21.[Br-]. The lowest BCUT2D eigenvalue weighted by Crippen LogP contribution is -3.00. The molecule has 0 aromatic heterocycles. The first-order valence-electron chi connectivity index (χ1n) is 18.7. The van der Waals surface area contributed by atoms with Gasteiger partial charge in [-0.3, -0.25) is 9.59 Å². The van der Waals surface area contributed by atoms with E-state index in [-0.39, 0.29) is 39.8 Å². The third kappa shape index (κ3) is 9.20. The molecule has 0 atom stereocenters. The summed E-state index contributed by atoms with van der Waals surface area (Å²) in [5.74, 6) is -0.280. The molecular weight excluding hydrogens is 736 g/mol. The van der Waals surface area contributed by atoms with Crippen LogP contribution < -0.4 is 21.9 Å². The molecule has 52 heavy (non-hydrogen) atoms. The van der Waals surface area contributed by atoms with Crippen LogP contribution in [-0.2, 0) is 29.9 Å². The predicted molar refractivity (Wildman–Crippen MR) is 209 cm³/mol. The number of ether oxygens (including phenoxy) is 2. The average molecular weight is 792 g/mol. The van der Waals surface area contributed by atoms with Gasteiger partial charge in [-0.05, 0) is 87.6 Å². The molecule has 0 N–H and O–H groups in total. The van der Waals surface area contributed by atoms with E-state index in [9.17, 15) is 9.59 Å². The number of allylic oxidation sites excluding steroid dienone is 8. The van der Waals surface area contributed by atoms with Gasteiger partial charge in [0, 0.05) is 65.3 Å². The topological polar surface area (TPSA) is 58.8 Å². The Labute approximate surface area is 327 Å². The summed E-state index contributed by atoms with van der Waals surface area (Å²) in [6.07, 6.45) is 18.6. The molecule has 0 bridgehead atoms. The van der Waals surface area contributed by atoms with Crippen molar-refractivity contribution in [2.45, 2.75) is 109 Å². The Hall–Kier alpha value is -3.42. The quantitative estimate of drug-likeness (QED) is 0.107. The highest BCUT2D eigenvalue weighted by atomic mass is 79.9. The fourth-order valence-corrected chi connectivity index (χ4v) is 8.28. The molecule has 0 amide bonds. The minimum Gasteiger partial charge on any atom is -1.00 e. The fraction of sp³-hybridized carbons (Fsp3) is 0.477. The van der Waals surface area contributed by atoms with Crippen LogP contribution in [0.3, 0.4) is 0 Å². The monoisotopic (exact) mass is 790 g/mol. The van der Waals surface area contributed by atoms with Crippen LogP contribution in [0.4, 0.5) is 11.4 Å². The second-order valence-electron chi connectivity index (χ2n) is 15.0. The van der Waals surface area contributed by atoms with Gasteiger partial charge in [0.1, 0.15) is 6.54 Å². The van der Waals surface area contributed by atoms with Gasteiger partial charge in [-0.1, -0.05) is 80.4 Å². The van der Waals surface area contributed by atoms with Gasteiger partial charge < -0.3 is 31.4 Å². The molecule has 0 fully saturated rings. The van der Waals surface area contributed by atoms with E-state index in [1.54, 1.807) is 0 Å². The Bertz CT molecular complexity index is 1770. The lowest BCUT2D eigenvalue weighted by atomic mass is 9.81. The molecule has 0 radical (unpaired) electrons. The van der Waals surface area contributed by atoms with Crippen LogP contribution in [-0.4, -0.2) is 49.5 Å². The van der Waals surface area contributed by atoms with Crippen molar-refractivity contribution in [1.82, 2.24) is 0 Å². The summed E-state index contributed by atoms with van der Waals surface area (Å²) in [4.78, 5) is 25.7. The van der Waals surface area contributed by atoms with Gasteiger partial charge in [0.15, 0.2) is 5.71 Å². The summed E-state index contributed by atoms with van der Waals surface area (Å²) in [6.45, 7) is 11.0. The Kier molecular flexibility index (Phi) is 14.8. The number of esters is 2. The normalized spacial score (nSPS) is 18.9. The Balaban J connectivity index is 0.00000605. The zero-order chi connectivity index (χ0) is 36.6. The summed E-state index contributed by atoms with van der Waals surface area (Å²) >= 11 is 7.24. The summed E-state index contributed by atoms with van der Waals surface area (Å²) in [7, 11) is 2.90. The summed E-state index contributed by atoms with van der Waals surface area (Å²) in [5.41, 5.74) is 9.83. The molecule has 0 unspecified atom stereocenters. The van der Waals surface area contributed by atoms with Gasteiger partial charge in [0.2, 0.25) is 5.69 Å². The van der Waals surface area contributed by atoms with Crippen LogP contribution >= 0.6 is 11.6 Å². The van der Waals surface area contributed by atoms with Crippen LogP contribution in [0.15, 0.2) is 94.7 Å². The maximum absolute atomic E-state index is 11.6. The van der Waals surface area contributed by atoms with Crippen LogP contribution in [0.2, 0.25) is 0 Å². The molecule has 2 aromatic rings. The molecule has 5 rings (SSSR count). The third-order valence-corrected chi connectivity index (χ3v) is 11.4. The van der Waals surface area contributed by atoms with Gasteiger partial charge in [0.25, 0.3) is 0 Å². The third-order valence-electron chi connectivity index (χ3n) is 10.9. The molecule has 6 nitrogen and oxygen atoms in total. The number of fused-ring (bicyclic) bond motifs is 2. The maximum atomic E-state index is 11.6. The van der Waals surface area contributed by atoms with Crippen molar-refractivity contribution >= 4 is 40.6 Å². The van der Waals surface area contributed by atoms with Crippen LogP contribution in [0.1, 0.15) is 109 Å². The molecule has 3 aliphatic rings. The van der Waals surface area contributed by atoms with E-state index < -0.39 is 0 Å². The highest BCUT2D eigenvalue weighted by molar-refractivity contribution is 6.32. The maximum Gasteiger partial charge on any atom is 0.305 e. The predicted octanol–water partition coefficient (Wildman–Crippen LogP) is 7.37. The fourth-order valence-electron chi connectivity index (χ4n) is 7.97. The number of unbranched alkanes of at least 4 members (excludes halogenated alkanes) is 4. The van der Waals surface area contributed by atoms with E-state index in [2.05, 4.69) is 110 Å². The minimum absolute atomic E-state index is 0. The van der Waals surface area contributed by atoms with Gasteiger partial charge in [-0.25, -0.2) is 0 Å². The molecule has 8 heteroatoms. The first kappa shape index (κ1) is 41.3. The molecule has 0 saturated heterocycles. The molecular formula is C44H56BrClN2O4. The van der Waals surface area contributed by atoms with Crippen molar-refractivity contribution in [1.29, 1.82) is 0 Å². The Morgan fingerprint density at radius 1 is 0.788 bits per heavy atom. The number of nitrogens with zero attached hydrogens (tertiary/aromatic N) is 2. The summed E-state index contributed by atoms with van der Waals surface area (Å²) in [5, 5.41) is 0.861. The van der Waals surface area contributed by atoms with E-state index in [0.717, 1.165) is 75.9 Å². The van der Waals surface area contributed by atoms with Crippen molar-refractivity contribution < 1.29 is 40.6 Å². The molecule has 280 valence electrons. The second-order valence-corrected chi connectivity index (χ2v) is 15.4. The van der Waals surface area contributed by atoms with Crippen molar-refractivity contribution in [2.24, 2.45) is 0 Å². The number of benzene rings is 2. The largest absolute Gasteiger partial charge is 1.00 e. The zero-order valence-corrected chi connectivity index (χ0v) is 34.2. The van der Waals surface area contributed by atoms with Gasteiger partial charge in [0.05, 0.1) is 19.6 Å². The van der Waals surface area contributed by atoms with Crippen LogP contribution in [0, 0.1) is 0 Å². The first-order chi connectivity index (χ1) is 24.5. The zero-order valence-electron chi connectivity index (χ0n) is 31.9.